The summed E-state index contributed by atoms with van der Waals surface area (Å²) in [5, 5.41) is 15.3. The first-order chi connectivity index (χ1) is 11.7. The Morgan fingerprint density at radius 1 is 1.08 bits per heavy atom. The van der Waals surface area contributed by atoms with Gasteiger partial charge in [0.1, 0.15) is 0 Å². The van der Waals surface area contributed by atoms with Crippen LogP contribution in [0.1, 0.15) is 36.9 Å². The number of nitrogens with one attached hydrogen (secondary N) is 2. The summed E-state index contributed by atoms with van der Waals surface area (Å²) in [7, 11) is 0. The summed E-state index contributed by atoms with van der Waals surface area (Å²) >= 11 is 0. The topological polar surface area (TPSA) is 61.4 Å². The van der Waals surface area contributed by atoms with E-state index in [-0.39, 0.29) is 25.1 Å². The van der Waals surface area contributed by atoms with Gasteiger partial charge in [0.05, 0.1) is 6.54 Å². The Bertz CT molecular complexity index is 611. The van der Waals surface area contributed by atoms with E-state index >= 15 is 0 Å². The van der Waals surface area contributed by atoms with Crippen molar-refractivity contribution in [1.82, 2.24) is 5.32 Å². The molecular formula is C20H26N2O2. The number of aryl methyl sites for hydroxylation is 1. The molecule has 24 heavy (non-hydrogen) atoms. The number of aliphatic hydroxyl groups is 1. The third kappa shape index (κ3) is 5.80. The van der Waals surface area contributed by atoms with Crippen molar-refractivity contribution in [2.24, 2.45) is 0 Å². The predicted molar refractivity (Wildman–Crippen MR) is 98.0 cm³/mol. The zero-order chi connectivity index (χ0) is 17.2. The van der Waals surface area contributed by atoms with Crippen LogP contribution in [-0.4, -0.2) is 24.2 Å². The molecular weight excluding hydrogens is 300 g/mol. The van der Waals surface area contributed by atoms with E-state index in [9.17, 15) is 4.79 Å². The molecule has 1 atom stereocenters. The van der Waals surface area contributed by atoms with E-state index in [2.05, 4.69) is 17.6 Å². The Morgan fingerprint density at radius 3 is 2.42 bits per heavy atom. The Morgan fingerprint density at radius 2 is 1.79 bits per heavy atom. The van der Waals surface area contributed by atoms with Crippen LogP contribution < -0.4 is 10.6 Å². The maximum Gasteiger partial charge on any atom is 0.238 e. The number of anilines is 1. The number of amides is 1. The van der Waals surface area contributed by atoms with Gasteiger partial charge in [-0.15, -0.1) is 0 Å². The van der Waals surface area contributed by atoms with Crippen molar-refractivity contribution in [2.75, 3.05) is 18.5 Å². The summed E-state index contributed by atoms with van der Waals surface area (Å²) in [4.78, 5) is 12.2. The normalized spacial score (nSPS) is 11.9. The van der Waals surface area contributed by atoms with Gasteiger partial charge in [-0.2, -0.15) is 0 Å². The van der Waals surface area contributed by atoms with Gasteiger partial charge < -0.3 is 15.7 Å². The van der Waals surface area contributed by atoms with Crippen molar-refractivity contribution >= 4 is 11.6 Å². The van der Waals surface area contributed by atoms with Crippen LogP contribution in [0.5, 0.6) is 0 Å². The molecule has 0 fully saturated rings. The van der Waals surface area contributed by atoms with Crippen molar-refractivity contribution in [3.63, 3.8) is 0 Å². The molecule has 0 spiro atoms. The van der Waals surface area contributed by atoms with Gasteiger partial charge in [-0.1, -0.05) is 49.4 Å². The molecule has 0 saturated heterocycles. The predicted octanol–water partition coefficient (Wildman–Crippen LogP) is 3.29. The van der Waals surface area contributed by atoms with E-state index in [0.29, 0.717) is 6.42 Å². The molecule has 0 bridgehead atoms. The second-order valence-electron chi connectivity index (χ2n) is 5.81. The van der Waals surface area contributed by atoms with E-state index in [4.69, 9.17) is 5.11 Å². The Balaban J connectivity index is 1.89. The number of hydrogen-bond donors (Lipinski definition) is 3. The molecule has 0 aliphatic rings. The molecule has 0 aromatic heterocycles. The van der Waals surface area contributed by atoms with E-state index in [0.717, 1.165) is 24.1 Å². The highest BCUT2D eigenvalue weighted by Gasteiger charge is 2.12. The van der Waals surface area contributed by atoms with E-state index in [1.54, 1.807) is 0 Å². The highest BCUT2D eigenvalue weighted by atomic mass is 16.2. The van der Waals surface area contributed by atoms with Crippen molar-refractivity contribution in [3.05, 3.63) is 65.7 Å². The molecule has 2 aromatic carbocycles. The van der Waals surface area contributed by atoms with Crippen molar-refractivity contribution in [1.29, 1.82) is 0 Å². The van der Waals surface area contributed by atoms with Gasteiger partial charge in [-0.25, -0.2) is 0 Å². The van der Waals surface area contributed by atoms with Crippen LogP contribution in [-0.2, 0) is 11.2 Å². The van der Waals surface area contributed by atoms with Gasteiger partial charge in [-0.05, 0) is 42.5 Å². The summed E-state index contributed by atoms with van der Waals surface area (Å²) in [6.45, 7) is 2.50. The van der Waals surface area contributed by atoms with Gasteiger partial charge in [-0.3, -0.25) is 4.79 Å². The number of rotatable bonds is 9. The van der Waals surface area contributed by atoms with Gasteiger partial charge in [0.2, 0.25) is 5.91 Å². The number of hydrogen-bond acceptors (Lipinski definition) is 3. The lowest BCUT2D eigenvalue weighted by atomic mass is 10.0. The second kappa shape index (κ2) is 9.85. The maximum atomic E-state index is 12.2. The van der Waals surface area contributed by atoms with Crippen molar-refractivity contribution in [3.8, 4) is 0 Å². The zero-order valence-corrected chi connectivity index (χ0v) is 14.2. The first-order valence-corrected chi connectivity index (χ1v) is 8.51. The summed E-state index contributed by atoms with van der Waals surface area (Å²) in [5.41, 5.74) is 3.19. The molecule has 2 rings (SSSR count). The number of benzene rings is 2. The van der Waals surface area contributed by atoms with Gasteiger partial charge in [0.25, 0.3) is 0 Å². The zero-order valence-electron chi connectivity index (χ0n) is 14.2. The molecule has 128 valence electrons. The molecule has 0 aliphatic heterocycles. The number of aliphatic hydroxyl groups excluding tert-OH is 1. The van der Waals surface area contributed by atoms with Crippen LogP contribution in [0.25, 0.3) is 0 Å². The fourth-order valence-electron chi connectivity index (χ4n) is 2.61. The lowest BCUT2D eigenvalue weighted by Gasteiger charge is -2.18. The second-order valence-corrected chi connectivity index (χ2v) is 5.81. The highest BCUT2D eigenvalue weighted by Crippen LogP contribution is 2.18. The van der Waals surface area contributed by atoms with Gasteiger partial charge in [0, 0.05) is 18.3 Å². The third-order valence-corrected chi connectivity index (χ3v) is 4.01. The smallest absolute Gasteiger partial charge is 0.238 e. The Hall–Kier alpha value is -2.17. The monoisotopic (exact) mass is 326 g/mol. The first kappa shape index (κ1) is 18.2. The van der Waals surface area contributed by atoms with Gasteiger partial charge in [0.15, 0.2) is 0 Å². The first-order valence-electron chi connectivity index (χ1n) is 8.51. The molecule has 1 unspecified atom stereocenters. The minimum Gasteiger partial charge on any atom is -0.396 e. The summed E-state index contributed by atoms with van der Waals surface area (Å²) in [6.07, 6.45) is 2.48. The minimum absolute atomic E-state index is 0.0616. The summed E-state index contributed by atoms with van der Waals surface area (Å²) in [6, 6.07) is 18.0. The SMILES string of the molecule is CCc1ccc(NC(=O)CNC(CCCO)c2ccccc2)cc1. The Labute approximate surface area is 143 Å². The lowest BCUT2D eigenvalue weighted by Crippen LogP contribution is -2.31. The number of carbonyl (C=O) groups is 1. The lowest BCUT2D eigenvalue weighted by molar-refractivity contribution is -0.115. The van der Waals surface area contributed by atoms with Crippen LogP contribution in [0.15, 0.2) is 54.6 Å². The minimum atomic E-state index is -0.0656. The van der Waals surface area contributed by atoms with E-state index < -0.39 is 0 Å². The fourth-order valence-corrected chi connectivity index (χ4v) is 2.61. The largest absolute Gasteiger partial charge is 0.396 e. The molecule has 4 nitrogen and oxygen atoms in total. The average molecular weight is 326 g/mol. The molecule has 3 N–H and O–H groups in total. The summed E-state index contributed by atoms with van der Waals surface area (Å²) in [5.74, 6) is -0.0656. The quantitative estimate of drug-likeness (QED) is 0.662. The standard InChI is InChI=1S/C20H26N2O2/c1-2-16-10-12-18(13-11-16)22-20(24)15-21-19(9-6-14-23)17-7-4-3-5-8-17/h3-5,7-8,10-13,19,21,23H,2,6,9,14-15H2,1H3,(H,22,24). The molecule has 2 aromatic rings. The molecule has 0 heterocycles. The van der Waals surface area contributed by atoms with Crippen molar-refractivity contribution < 1.29 is 9.90 Å². The molecule has 0 aliphatic carbocycles. The molecule has 0 saturated carbocycles. The van der Waals surface area contributed by atoms with Crippen molar-refractivity contribution in [2.45, 2.75) is 32.2 Å². The molecule has 1 amide bonds. The average Bonchev–Trinajstić information content (AvgIpc) is 2.63. The van der Waals surface area contributed by atoms with E-state index in [1.807, 2.05) is 54.6 Å². The third-order valence-electron chi connectivity index (χ3n) is 4.01. The molecule has 0 radical (unpaired) electrons. The van der Waals surface area contributed by atoms with Crippen LogP contribution in [0.3, 0.4) is 0 Å². The molecule has 4 heteroatoms. The van der Waals surface area contributed by atoms with E-state index in [1.165, 1.54) is 5.56 Å². The Kier molecular flexibility index (Phi) is 7.46. The van der Waals surface area contributed by atoms with Crippen LogP contribution in [0, 0.1) is 0 Å². The number of carbonyl (C=O) groups excluding carboxylic acids is 1. The van der Waals surface area contributed by atoms with Crippen LogP contribution in [0.4, 0.5) is 5.69 Å². The maximum absolute atomic E-state index is 12.2. The van der Waals surface area contributed by atoms with Crippen LogP contribution >= 0.6 is 0 Å². The van der Waals surface area contributed by atoms with Gasteiger partial charge >= 0.3 is 0 Å². The summed E-state index contributed by atoms with van der Waals surface area (Å²) < 4.78 is 0. The highest BCUT2D eigenvalue weighted by molar-refractivity contribution is 5.92. The van der Waals surface area contributed by atoms with Crippen LogP contribution in [0.2, 0.25) is 0 Å². The fraction of sp³-hybridized carbons (Fsp3) is 0.350.